The number of hydrogen-bond donors (Lipinski definition) is 3. The zero-order valence-electron chi connectivity index (χ0n) is 7.46. The molecule has 0 saturated heterocycles. The van der Waals surface area contributed by atoms with Gasteiger partial charge >= 0.3 is 5.97 Å². The molecule has 0 radical (unpaired) electrons. The molecular formula is C7H16N2O3. The van der Waals surface area contributed by atoms with Gasteiger partial charge in [0.25, 0.3) is 0 Å². The third-order valence-electron chi connectivity index (χ3n) is 0.775. The molecule has 0 aliphatic heterocycles. The maximum Gasteiger partial charge on any atom is 0.327 e. The molecule has 0 unspecified atom stereocenters. The summed E-state index contributed by atoms with van der Waals surface area (Å²) in [5.41, 5.74) is 0. The number of aliphatic carboxylic acids is 1. The van der Waals surface area contributed by atoms with Gasteiger partial charge in [0.2, 0.25) is 5.91 Å². The van der Waals surface area contributed by atoms with Gasteiger partial charge in [0, 0.05) is 19.5 Å². The van der Waals surface area contributed by atoms with Crippen LogP contribution in [0, 0.1) is 0 Å². The number of amides is 1. The molecule has 0 spiro atoms. The minimum Gasteiger partial charge on any atom is -0.478 e. The molecule has 5 heteroatoms. The smallest absolute Gasteiger partial charge is 0.327 e. The number of nitrogens with one attached hydrogen (secondary N) is 1. The summed E-state index contributed by atoms with van der Waals surface area (Å²) in [6, 6.07) is 0. The molecule has 0 heterocycles. The van der Waals surface area contributed by atoms with Gasteiger partial charge in [-0.2, -0.15) is 0 Å². The van der Waals surface area contributed by atoms with Crippen molar-refractivity contribution < 1.29 is 14.7 Å². The van der Waals surface area contributed by atoms with Crippen molar-refractivity contribution >= 4 is 11.9 Å². The molecule has 0 aliphatic rings. The molecule has 0 aromatic rings. The van der Waals surface area contributed by atoms with E-state index < -0.39 is 5.97 Å². The summed E-state index contributed by atoms with van der Waals surface area (Å²) in [4.78, 5) is 19.3. The Hall–Kier alpha value is -1.36. The summed E-state index contributed by atoms with van der Waals surface area (Å²) in [5, 5.41) is 10.1. The highest BCUT2D eigenvalue weighted by Gasteiger charge is 1.84. The molecule has 0 aliphatic carbocycles. The Balaban J connectivity index is -0.000000126. The van der Waals surface area contributed by atoms with Crippen molar-refractivity contribution in [1.29, 1.82) is 0 Å². The summed E-state index contributed by atoms with van der Waals surface area (Å²) in [7, 11) is 1.63. The molecule has 0 bridgehead atoms. The average molecular weight is 176 g/mol. The normalized spacial score (nSPS) is 6.50. The summed E-state index contributed by atoms with van der Waals surface area (Å²) in [6.07, 6.45) is 1.41. The third-order valence-corrected chi connectivity index (χ3v) is 0.775. The van der Waals surface area contributed by atoms with E-state index in [4.69, 9.17) is 5.11 Å². The molecular weight excluding hydrogens is 160 g/mol. The first-order valence-electron chi connectivity index (χ1n) is 3.14. The Morgan fingerprint density at radius 2 is 1.92 bits per heavy atom. The van der Waals surface area contributed by atoms with Gasteiger partial charge in [0.05, 0.1) is 0 Å². The van der Waals surface area contributed by atoms with Crippen LogP contribution < -0.4 is 11.5 Å². The number of carbonyl (C=O) groups excluding carboxylic acids is 1. The van der Waals surface area contributed by atoms with Crippen molar-refractivity contribution in [2.75, 3.05) is 7.05 Å². The summed E-state index contributed by atoms with van der Waals surface area (Å²) < 4.78 is 0. The highest BCUT2D eigenvalue weighted by Crippen LogP contribution is 1.68. The largest absolute Gasteiger partial charge is 0.478 e. The predicted molar refractivity (Wildman–Crippen MR) is 47.2 cm³/mol. The van der Waals surface area contributed by atoms with Crippen LogP contribution in [0.2, 0.25) is 0 Å². The van der Waals surface area contributed by atoms with Crippen molar-refractivity contribution in [1.82, 2.24) is 11.5 Å². The van der Waals surface area contributed by atoms with Gasteiger partial charge in [0.1, 0.15) is 0 Å². The van der Waals surface area contributed by atoms with Gasteiger partial charge < -0.3 is 16.6 Å². The van der Waals surface area contributed by atoms with E-state index in [1.54, 1.807) is 7.05 Å². The first-order valence-corrected chi connectivity index (χ1v) is 3.14. The van der Waals surface area contributed by atoms with Crippen LogP contribution in [0.15, 0.2) is 12.7 Å². The van der Waals surface area contributed by atoms with Crippen LogP contribution in [0.5, 0.6) is 0 Å². The fourth-order valence-corrected chi connectivity index (χ4v) is 0.177. The lowest BCUT2D eigenvalue weighted by Gasteiger charge is -1.87. The van der Waals surface area contributed by atoms with Crippen LogP contribution in [0.25, 0.3) is 0 Å². The third kappa shape index (κ3) is 23.4. The van der Waals surface area contributed by atoms with E-state index in [2.05, 4.69) is 11.9 Å². The standard InChI is InChI=1S/C4H9NO.C3H4O2.H3N/c1-3-4(6)5-2;1-2-3(4)5;/h3H2,1-2H3,(H,5,6);2H,1H2,(H,4,5);1H3. The molecule has 5 nitrogen and oxygen atoms in total. The van der Waals surface area contributed by atoms with E-state index in [1.165, 1.54) is 0 Å². The molecule has 0 fully saturated rings. The molecule has 0 atom stereocenters. The molecule has 0 rings (SSSR count). The van der Waals surface area contributed by atoms with E-state index in [9.17, 15) is 9.59 Å². The molecule has 5 N–H and O–H groups in total. The fraction of sp³-hybridized carbons (Fsp3) is 0.429. The molecule has 0 aromatic heterocycles. The van der Waals surface area contributed by atoms with Crippen LogP contribution in [0.1, 0.15) is 13.3 Å². The summed E-state index contributed by atoms with van der Waals surface area (Å²) in [6.45, 7) is 4.78. The average Bonchev–Trinajstić information content (AvgIpc) is 2.04. The Morgan fingerprint density at radius 3 is 1.92 bits per heavy atom. The SMILES string of the molecule is C=CC(=O)O.CCC(=O)NC.N. The van der Waals surface area contributed by atoms with Crippen LogP contribution in [-0.4, -0.2) is 24.0 Å². The predicted octanol–water partition coefficient (Wildman–Crippen LogP) is 0.561. The summed E-state index contributed by atoms with van der Waals surface area (Å²) >= 11 is 0. The lowest BCUT2D eigenvalue weighted by molar-refractivity contribution is -0.131. The van der Waals surface area contributed by atoms with Crippen molar-refractivity contribution in [2.45, 2.75) is 13.3 Å². The van der Waals surface area contributed by atoms with E-state index in [1.807, 2.05) is 6.92 Å². The van der Waals surface area contributed by atoms with E-state index in [0.717, 1.165) is 6.08 Å². The fourth-order valence-electron chi connectivity index (χ4n) is 0.177. The van der Waals surface area contributed by atoms with Gasteiger partial charge in [-0.05, 0) is 0 Å². The Bertz CT molecular complexity index is 140. The Morgan fingerprint density at radius 1 is 1.58 bits per heavy atom. The number of carboxylic acids is 1. The lowest BCUT2D eigenvalue weighted by Crippen LogP contribution is -2.15. The van der Waals surface area contributed by atoms with Gasteiger partial charge in [-0.1, -0.05) is 13.5 Å². The van der Waals surface area contributed by atoms with Crippen molar-refractivity contribution in [3.8, 4) is 0 Å². The minimum absolute atomic E-state index is 0. The quantitative estimate of drug-likeness (QED) is 0.535. The topological polar surface area (TPSA) is 101 Å². The second-order valence-corrected chi connectivity index (χ2v) is 1.57. The maximum atomic E-state index is 10.1. The Labute approximate surface area is 72.0 Å². The number of carbonyl (C=O) groups is 2. The number of rotatable bonds is 2. The highest BCUT2D eigenvalue weighted by atomic mass is 16.4. The van der Waals surface area contributed by atoms with Crippen LogP contribution >= 0.6 is 0 Å². The maximum absolute atomic E-state index is 10.1. The first kappa shape index (κ1) is 16.9. The monoisotopic (exact) mass is 176 g/mol. The minimum atomic E-state index is -0.981. The lowest BCUT2D eigenvalue weighted by atomic mass is 10.5. The van der Waals surface area contributed by atoms with Gasteiger partial charge in [-0.15, -0.1) is 0 Å². The van der Waals surface area contributed by atoms with Crippen molar-refractivity contribution in [3.63, 3.8) is 0 Å². The van der Waals surface area contributed by atoms with E-state index in [-0.39, 0.29) is 12.1 Å². The molecule has 72 valence electrons. The highest BCUT2D eigenvalue weighted by molar-refractivity contribution is 5.78. The molecule has 1 amide bonds. The number of carboxylic acid groups (broad SMARTS) is 1. The number of hydrogen-bond acceptors (Lipinski definition) is 3. The second kappa shape index (κ2) is 12.3. The van der Waals surface area contributed by atoms with Crippen molar-refractivity contribution in [3.05, 3.63) is 12.7 Å². The Kier molecular flexibility index (Phi) is 17.4. The molecule has 12 heavy (non-hydrogen) atoms. The summed E-state index contributed by atoms with van der Waals surface area (Å²) in [5.74, 6) is -0.889. The zero-order chi connectivity index (χ0) is 9.28. The zero-order valence-corrected chi connectivity index (χ0v) is 7.46. The van der Waals surface area contributed by atoms with Gasteiger partial charge in [0.15, 0.2) is 0 Å². The second-order valence-electron chi connectivity index (χ2n) is 1.57. The van der Waals surface area contributed by atoms with Crippen LogP contribution in [-0.2, 0) is 9.59 Å². The van der Waals surface area contributed by atoms with Crippen LogP contribution in [0.4, 0.5) is 0 Å². The van der Waals surface area contributed by atoms with Crippen molar-refractivity contribution in [2.24, 2.45) is 0 Å². The van der Waals surface area contributed by atoms with Gasteiger partial charge in [-0.25, -0.2) is 4.79 Å². The van der Waals surface area contributed by atoms with E-state index >= 15 is 0 Å². The van der Waals surface area contributed by atoms with Crippen LogP contribution in [0.3, 0.4) is 0 Å². The molecule has 0 saturated carbocycles. The van der Waals surface area contributed by atoms with E-state index in [0.29, 0.717) is 6.42 Å². The van der Waals surface area contributed by atoms with Gasteiger partial charge in [-0.3, -0.25) is 4.79 Å². The molecule has 0 aromatic carbocycles. The first-order chi connectivity index (χ1) is 5.08.